The molecule has 0 radical (unpaired) electrons. The van der Waals surface area contributed by atoms with Crippen molar-refractivity contribution in [2.45, 2.75) is 26.4 Å². The zero-order valence-corrected chi connectivity index (χ0v) is 10.1. The number of hydrogen-bond donors (Lipinski definition) is 1. The molecule has 0 amide bonds. The van der Waals surface area contributed by atoms with Crippen molar-refractivity contribution in [2.24, 2.45) is 0 Å². The molecule has 1 aliphatic rings. The second-order valence-corrected chi connectivity index (χ2v) is 4.34. The number of furan rings is 1. The Balaban J connectivity index is 1.98. The van der Waals surface area contributed by atoms with E-state index in [1.54, 1.807) is 0 Å². The average molecular weight is 220 g/mol. The minimum absolute atomic E-state index is 0.811. The normalized spacial score (nSPS) is 16.9. The maximum atomic E-state index is 5.83. The van der Waals surface area contributed by atoms with E-state index in [1.165, 1.54) is 5.56 Å². The van der Waals surface area contributed by atoms with Crippen LogP contribution in [0.2, 0.25) is 0 Å². The van der Waals surface area contributed by atoms with E-state index in [2.05, 4.69) is 35.4 Å². The first-order chi connectivity index (χ1) is 7.79. The molecule has 0 aliphatic carbocycles. The first-order valence-corrected chi connectivity index (χ1v) is 5.89. The fraction of sp³-hybridized carbons (Fsp3) is 0.538. The Morgan fingerprint density at radius 1 is 1.44 bits per heavy atom. The molecular formula is C13H20N2O. The topological polar surface area (TPSA) is 28.4 Å². The lowest BCUT2D eigenvalue weighted by Crippen LogP contribution is -2.26. The van der Waals surface area contributed by atoms with Gasteiger partial charge in [-0.15, -0.1) is 0 Å². The van der Waals surface area contributed by atoms with E-state index in [1.807, 2.05) is 7.05 Å². The maximum Gasteiger partial charge on any atom is 0.120 e. The molecule has 0 unspecified atom stereocenters. The Labute approximate surface area is 97.1 Å². The van der Waals surface area contributed by atoms with Gasteiger partial charge in [-0.25, -0.2) is 0 Å². The molecule has 3 nitrogen and oxygen atoms in total. The van der Waals surface area contributed by atoms with Crippen LogP contribution < -0.4 is 5.32 Å². The molecule has 2 heterocycles. The molecule has 1 aromatic heterocycles. The molecule has 0 spiro atoms. The van der Waals surface area contributed by atoms with Crippen molar-refractivity contribution < 1.29 is 4.42 Å². The summed E-state index contributed by atoms with van der Waals surface area (Å²) >= 11 is 0. The largest absolute Gasteiger partial charge is 0.463 e. The lowest BCUT2D eigenvalue weighted by atomic mass is 10.2. The van der Waals surface area contributed by atoms with Crippen LogP contribution >= 0.6 is 0 Å². The van der Waals surface area contributed by atoms with Crippen molar-refractivity contribution in [1.29, 1.82) is 0 Å². The first kappa shape index (κ1) is 11.4. The molecule has 3 heteroatoms. The van der Waals surface area contributed by atoms with Crippen molar-refractivity contribution in [3.05, 3.63) is 35.3 Å². The van der Waals surface area contributed by atoms with Crippen LogP contribution in [0, 0.1) is 6.92 Å². The van der Waals surface area contributed by atoms with Gasteiger partial charge in [-0.1, -0.05) is 12.2 Å². The molecule has 1 N–H and O–H groups in total. The standard InChI is InChI=1S/C13H20N2O/c1-11-8-12(16-13(11)9-14-2)10-15-6-4-3-5-7-15/h3-4,8,14H,5-7,9-10H2,1-2H3. The fourth-order valence-electron chi connectivity index (χ4n) is 2.06. The van der Waals surface area contributed by atoms with E-state index in [0.29, 0.717) is 0 Å². The number of nitrogens with zero attached hydrogens (tertiary/aromatic N) is 1. The molecule has 0 saturated carbocycles. The number of nitrogens with one attached hydrogen (secondary N) is 1. The smallest absolute Gasteiger partial charge is 0.120 e. The molecule has 1 aliphatic heterocycles. The fourth-order valence-corrected chi connectivity index (χ4v) is 2.06. The highest BCUT2D eigenvalue weighted by Crippen LogP contribution is 2.17. The minimum Gasteiger partial charge on any atom is -0.463 e. The molecule has 2 rings (SSSR count). The van der Waals surface area contributed by atoms with Crippen LogP contribution in [0.25, 0.3) is 0 Å². The Morgan fingerprint density at radius 3 is 3.00 bits per heavy atom. The summed E-state index contributed by atoms with van der Waals surface area (Å²) in [4.78, 5) is 2.40. The van der Waals surface area contributed by atoms with Crippen LogP contribution in [0.4, 0.5) is 0 Å². The van der Waals surface area contributed by atoms with Crippen LogP contribution in [0.1, 0.15) is 23.5 Å². The van der Waals surface area contributed by atoms with Crippen molar-refractivity contribution in [3.63, 3.8) is 0 Å². The highest BCUT2D eigenvalue weighted by Gasteiger charge is 2.11. The van der Waals surface area contributed by atoms with E-state index < -0.39 is 0 Å². The zero-order chi connectivity index (χ0) is 11.4. The van der Waals surface area contributed by atoms with Gasteiger partial charge in [-0.05, 0) is 32.0 Å². The van der Waals surface area contributed by atoms with Gasteiger partial charge < -0.3 is 9.73 Å². The van der Waals surface area contributed by atoms with E-state index in [-0.39, 0.29) is 0 Å². The third-order valence-corrected chi connectivity index (χ3v) is 2.93. The summed E-state index contributed by atoms with van der Waals surface area (Å²) in [5, 5.41) is 3.12. The molecule has 0 bridgehead atoms. The monoisotopic (exact) mass is 220 g/mol. The molecule has 0 aromatic carbocycles. The Bertz CT molecular complexity index is 368. The van der Waals surface area contributed by atoms with E-state index in [9.17, 15) is 0 Å². The minimum atomic E-state index is 0.811. The van der Waals surface area contributed by atoms with Gasteiger partial charge in [-0.3, -0.25) is 4.90 Å². The van der Waals surface area contributed by atoms with Crippen LogP contribution in [-0.2, 0) is 13.1 Å². The SMILES string of the molecule is CNCc1oc(CN2CC=CCC2)cc1C. The van der Waals surface area contributed by atoms with E-state index in [4.69, 9.17) is 4.42 Å². The van der Waals surface area contributed by atoms with Crippen LogP contribution in [0.5, 0.6) is 0 Å². The predicted molar refractivity (Wildman–Crippen MR) is 65.2 cm³/mol. The number of aryl methyl sites for hydroxylation is 1. The van der Waals surface area contributed by atoms with Gasteiger partial charge in [0.2, 0.25) is 0 Å². The second kappa shape index (κ2) is 5.32. The highest BCUT2D eigenvalue weighted by molar-refractivity contribution is 5.20. The zero-order valence-electron chi connectivity index (χ0n) is 10.1. The Kier molecular flexibility index (Phi) is 3.80. The summed E-state index contributed by atoms with van der Waals surface area (Å²) in [7, 11) is 1.94. The van der Waals surface area contributed by atoms with Gasteiger partial charge in [-0.2, -0.15) is 0 Å². The highest BCUT2D eigenvalue weighted by atomic mass is 16.3. The second-order valence-electron chi connectivity index (χ2n) is 4.34. The number of hydrogen-bond acceptors (Lipinski definition) is 3. The van der Waals surface area contributed by atoms with Crippen LogP contribution in [0.15, 0.2) is 22.6 Å². The van der Waals surface area contributed by atoms with Crippen molar-refractivity contribution in [1.82, 2.24) is 10.2 Å². The van der Waals surface area contributed by atoms with Gasteiger partial charge in [0.1, 0.15) is 11.5 Å². The Hall–Kier alpha value is -1.06. The van der Waals surface area contributed by atoms with Gasteiger partial charge in [0, 0.05) is 13.1 Å². The van der Waals surface area contributed by atoms with Gasteiger partial charge >= 0.3 is 0 Å². The van der Waals surface area contributed by atoms with E-state index >= 15 is 0 Å². The molecule has 1 aromatic rings. The summed E-state index contributed by atoms with van der Waals surface area (Å²) in [6.07, 6.45) is 5.63. The molecule has 0 atom stereocenters. The summed E-state index contributed by atoms with van der Waals surface area (Å²) in [5.41, 5.74) is 1.25. The lowest BCUT2D eigenvalue weighted by Gasteiger charge is -2.21. The third kappa shape index (κ3) is 2.74. The molecular weight excluding hydrogens is 200 g/mol. The molecule has 16 heavy (non-hydrogen) atoms. The third-order valence-electron chi connectivity index (χ3n) is 2.93. The summed E-state index contributed by atoms with van der Waals surface area (Å²) in [6, 6.07) is 2.16. The quantitative estimate of drug-likeness (QED) is 0.787. The van der Waals surface area contributed by atoms with Crippen molar-refractivity contribution >= 4 is 0 Å². The maximum absolute atomic E-state index is 5.83. The summed E-state index contributed by atoms with van der Waals surface area (Å²) in [6.45, 7) is 6.02. The summed E-state index contributed by atoms with van der Waals surface area (Å²) < 4.78 is 5.83. The van der Waals surface area contributed by atoms with Crippen molar-refractivity contribution in [2.75, 3.05) is 20.1 Å². The predicted octanol–water partition coefficient (Wildman–Crippen LogP) is 2.07. The van der Waals surface area contributed by atoms with Crippen LogP contribution in [0.3, 0.4) is 0 Å². The molecule has 88 valence electrons. The van der Waals surface area contributed by atoms with E-state index in [0.717, 1.165) is 44.1 Å². The molecule has 0 saturated heterocycles. The Morgan fingerprint density at radius 2 is 2.31 bits per heavy atom. The van der Waals surface area contributed by atoms with Gasteiger partial charge in [0.15, 0.2) is 0 Å². The summed E-state index contributed by atoms with van der Waals surface area (Å²) in [5.74, 6) is 2.14. The lowest BCUT2D eigenvalue weighted by molar-refractivity contribution is 0.261. The number of rotatable bonds is 4. The molecule has 0 fully saturated rings. The van der Waals surface area contributed by atoms with Gasteiger partial charge in [0.05, 0.1) is 13.1 Å². The van der Waals surface area contributed by atoms with Gasteiger partial charge in [0.25, 0.3) is 0 Å². The first-order valence-electron chi connectivity index (χ1n) is 5.89. The van der Waals surface area contributed by atoms with Crippen LogP contribution in [-0.4, -0.2) is 25.0 Å². The average Bonchev–Trinajstić information content (AvgIpc) is 2.61. The van der Waals surface area contributed by atoms with Crippen molar-refractivity contribution in [3.8, 4) is 0 Å².